The Morgan fingerprint density at radius 2 is 1.89 bits per heavy atom. The molecule has 1 aliphatic rings. The third-order valence-electron chi connectivity index (χ3n) is 5.79. The highest BCUT2D eigenvalue weighted by molar-refractivity contribution is 5.95. The van der Waals surface area contributed by atoms with Crippen LogP contribution in [0.5, 0.6) is 11.5 Å². The maximum absolute atomic E-state index is 12.9. The summed E-state index contributed by atoms with van der Waals surface area (Å²) >= 11 is 0. The zero-order valence-corrected chi connectivity index (χ0v) is 21.4. The summed E-state index contributed by atoms with van der Waals surface area (Å²) in [6.07, 6.45) is 0.452. The summed E-state index contributed by atoms with van der Waals surface area (Å²) in [6, 6.07) is 6.19. The molecule has 1 aromatic carbocycles. The number of likely N-dealkylation sites (tertiary alicyclic amines) is 1. The fourth-order valence-electron chi connectivity index (χ4n) is 4.16. The molecule has 1 fully saturated rings. The predicted molar refractivity (Wildman–Crippen MR) is 130 cm³/mol. The predicted octanol–water partition coefficient (Wildman–Crippen LogP) is 4.05. The van der Waals surface area contributed by atoms with Crippen molar-refractivity contribution in [2.45, 2.75) is 65.9 Å². The fourth-order valence-corrected chi connectivity index (χ4v) is 4.16. The lowest BCUT2D eigenvalue weighted by atomic mass is 9.97. The fraction of sp³-hybridized carbons (Fsp3) is 0.462. The zero-order chi connectivity index (χ0) is 27.3. The Balaban J connectivity index is 1.80. The van der Waals surface area contributed by atoms with Gasteiger partial charge in [-0.2, -0.15) is 8.78 Å². The van der Waals surface area contributed by atoms with Crippen molar-refractivity contribution in [1.29, 1.82) is 0 Å². The van der Waals surface area contributed by atoms with Gasteiger partial charge in [-0.1, -0.05) is 6.07 Å². The van der Waals surface area contributed by atoms with E-state index in [9.17, 15) is 23.2 Å². The largest absolute Gasteiger partial charge is 0.487 e. The van der Waals surface area contributed by atoms with Crippen LogP contribution in [0.3, 0.4) is 0 Å². The van der Waals surface area contributed by atoms with Gasteiger partial charge in [-0.05, 0) is 57.0 Å². The van der Waals surface area contributed by atoms with Crippen molar-refractivity contribution in [3.05, 3.63) is 52.8 Å². The molecule has 200 valence electrons. The van der Waals surface area contributed by atoms with Gasteiger partial charge < -0.3 is 24.4 Å². The van der Waals surface area contributed by atoms with E-state index in [1.165, 1.54) is 24.1 Å². The van der Waals surface area contributed by atoms with E-state index in [1.807, 2.05) is 0 Å². The van der Waals surface area contributed by atoms with Gasteiger partial charge in [0.25, 0.3) is 5.91 Å². The first-order valence-corrected chi connectivity index (χ1v) is 12.0. The van der Waals surface area contributed by atoms with Gasteiger partial charge in [-0.3, -0.25) is 9.59 Å². The van der Waals surface area contributed by atoms with Gasteiger partial charge in [0.2, 0.25) is 5.91 Å². The maximum atomic E-state index is 12.9. The summed E-state index contributed by atoms with van der Waals surface area (Å²) in [5.74, 6) is -1.48. The molecule has 0 saturated carbocycles. The number of carbonyl (C=O) groups excluding carboxylic acids is 3. The van der Waals surface area contributed by atoms with Crippen LogP contribution in [-0.4, -0.2) is 59.7 Å². The molecule has 0 unspecified atom stereocenters. The molecule has 0 aliphatic carbocycles. The molecule has 37 heavy (non-hydrogen) atoms. The van der Waals surface area contributed by atoms with Crippen LogP contribution in [-0.2, 0) is 9.53 Å². The molecule has 1 saturated heterocycles. The summed E-state index contributed by atoms with van der Waals surface area (Å²) in [5, 5.41) is 2.67. The Morgan fingerprint density at radius 3 is 2.49 bits per heavy atom. The number of hydrogen-bond acceptors (Lipinski definition) is 7. The van der Waals surface area contributed by atoms with Crippen molar-refractivity contribution < 1.29 is 37.4 Å². The molecular weight excluding hydrogens is 488 g/mol. The molecule has 0 bridgehead atoms. The molecule has 2 atom stereocenters. The van der Waals surface area contributed by atoms with Gasteiger partial charge in [0.1, 0.15) is 0 Å². The van der Waals surface area contributed by atoms with Crippen molar-refractivity contribution >= 4 is 17.8 Å². The molecule has 0 radical (unpaired) electrons. The number of aryl methyl sites for hydroxylation is 1. The maximum Gasteiger partial charge on any atom is 0.387 e. The summed E-state index contributed by atoms with van der Waals surface area (Å²) in [7, 11) is 0. The van der Waals surface area contributed by atoms with Crippen LogP contribution < -0.4 is 14.8 Å². The van der Waals surface area contributed by atoms with Crippen molar-refractivity contribution in [2.75, 3.05) is 13.1 Å². The van der Waals surface area contributed by atoms with Crippen LogP contribution in [0.15, 0.2) is 30.5 Å². The summed E-state index contributed by atoms with van der Waals surface area (Å²) < 4.78 is 41.5. The van der Waals surface area contributed by atoms with Crippen LogP contribution in [0.1, 0.15) is 72.0 Å². The second-order valence-electron chi connectivity index (χ2n) is 8.96. The Kier molecular flexibility index (Phi) is 9.01. The van der Waals surface area contributed by atoms with E-state index in [4.69, 9.17) is 9.47 Å². The monoisotopic (exact) mass is 519 g/mol. The number of ether oxygens (including phenoxy) is 3. The number of rotatable bonds is 9. The number of aromatic nitrogens is 1. The number of esters is 1. The first-order valence-electron chi connectivity index (χ1n) is 12.0. The summed E-state index contributed by atoms with van der Waals surface area (Å²) in [6.45, 7) is 6.05. The highest BCUT2D eigenvalue weighted by Crippen LogP contribution is 2.38. The molecule has 1 aliphatic heterocycles. The minimum atomic E-state index is -3.00. The van der Waals surface area contributed by atoms with E-state index in [0.717, 1.165) is 5.56 Å². The third-order valence-corrected chi connectivity index (χ3v) is 5.79. The molecule has 1 N–H and O–H groups in total. The molecule has 11 heteroatoms. The molecule has 9 nitrogen and oxygen atoms in total. The van der Waals surface area contributed by atoms with Crippen molar-refractivity contribution in [3.8, 4) is 11.5 Å². The SMILES string of the molecule is CCNC(=O)c1cnc(C(=O)O[C@@H]2C[C@@H](c3ccc(OC(F)F)c(OC(C)C)c3)CN2C(C)=O)c(C)c1. The normalized spacial score (nSPS) is 17.2. The van der Waals surface area contributed by atoms with Gasteiger partial charge in [0, 0.05) is 38.5 Å². The molecule has 2 heterocycles. The second kappa shape index (κ2) is 12.0. The number of hydrogen-bond donors (Lipinski definition) is 1. The highest BCUT2D eigenvalue weighted by Gasteiger charge is 2.38. The second-order valence-corrected chi connectivity index (χ2v) is 8.96. The topological polar surface area (TPSA) is 107 Å². The number of amides is 2. The number of benzene rings is 1. The van der Waals surface area contributed by atoms with Gasteiger partial charge in [0.05, 0.1) is 11.7 Å². The van der Waals surface area contributed by atoms with Gasteiger partial charge in [-0.25, -0.2) is 9.78 Å². The molecule has 3 rings (SSSR count). The number of alkyl halides is 2. The van der Waals surface area contributed by atoms with Crippen LogP contribution >= 0.6 is 0 Å². The molecular formula is C26H31F2N3O6. The van der Waals surface area contributed by atoms with E-state index in [-0.39, 0.29) is 54.0 Å². The molecule has 0 spiro atoms. The van der Waals surface area contributed by atoms with Crippen molar-refractivity contribution in [2.24, 2.45) is 0 Å². The Morgan fingerprint density at radius 1 is 1.16 bits per heavy atom. The number of nitrogens with zero attached hydrogens (tertiary/aromatic N) is 2. The van der Waals surface area contributed by atoms with Gasteiger partial charge >= 0.3 is 12.6 Å². The van der Waals surface area contributed by atoms with Crippen LogP contribution in [0.4, 0.5) is 8.78 Å². The summed E-state index contributed by atoms with van der Waals surface area (Å²) in [5.41, 5.74) is 1.55. The molecule has 2 aromatic rings. The quantitative estimate of drug-likeness (QED) is 0.498. The van der Waals surface area contributed by atoms with Crippen LogP contribution in [0.2, 0.25) is 0 Å². The van der Waals surface area contributed by atoms with Crippen molar-refractivity contribution in [1.82, 2.24) is 15.2 Å². The standard InChI is InChI=1S/C26H31F2N3O6/c1-6-29-24(33)18-9-15(4)23(30-12-18)25(34)37-22-11-19(13-31(22)16(5)32)17-7-8-20(36-26(27)28)21(10-17)35-14(2)3/h7-10,12,14,19,22,26H,6,11,13H2,1-5H3,(H,29,33)/t19-,22-/m1/s1. The number of halogens is 2. The lowest BCUT2D eigenvalue weighted by molar-refractivity contribution is -0.135. The third kappa shape index (κ3) is 6.93. The highest BCUT2D eigenvalue weighted by atomic mass is 19.3. The average molecular weight is 520 g/mol. The van der Waals surface area contributed by atoms with E-state index >= 15 is 0 Å². The Labute approximate surface area is 214 Å². The van der Waals surface area contributed by atoms with Crippen molar-refractivity contribution in [3.63, 3.8) is 0 Å². The lowest BCUT2D eigenvalue weighted by Crippen LogP contribution is -2.37. The number of pyridine rings is 1. The number of carbonyl (C=O) groups is 3. The zero-order valence-electron chi connectivity index (χ0n) is 21.4. The van der Waals surface area contributed by atoms with E-state index in [2.05, 4.69) is 15.0 Å². The number of nitrogens with one attached hydrogen (secondary N) is 1. The first kappa shape index (κ1) is 27.8. The lowest BCUT2D eigenvalue weighted by Gasteiger charge is -2.23. The Bertz CT molecular complexity index is 1160. The van der Waals surface area contributed by atoms with Gasteiger partial charge in [0.15, 0.2) is 23.4 Å². The van der Waals surface area contributed by atoms with Gasteiger partial charge in [-0.15, -0.1) is 0 Å². The van der Waals surface area contributed by atoms with Crippen LogP contribution in [0.25, 0.3) is 0 Å². The van der Waals surface area contributed by atoms with Crippen LogP contribution in [0, 0.1) is 6.92 Å². The van der Waals surface area contributed by atoms with E-state index in [0.29, 0.717) is 17.7 Å². The molecule has 2 amide bonds. The first-order chi connectivity index (χ1) is 17.5. The van der Waals surface area contributed by atoms with E-state index < -0.39 is 18.8 Å². The van der Waals surface area contributed by atoms with E-state index in [1.54, 1.807) is 45.9 Å². The Hall–Kier alpha value is -3.76. The average Bonchev–Trinajstić information content (AvgIpc) is 3.23. The minimum absolute atomic E-state index is 0.0427. The molecule has 1 aromatic heterocycles. The summed E-state index contributed by atoms with van der Waals surface area (Å²) in [4.78, 5) is 42.9. The smallest absolute Gasteiger partial charge is 0.387 e. The minimum Gasteiger partial charge on any atom is -0.487 e.